The second kappa shape index (κ2) is 5.27. The Hall–Kier alpha value is -2.84. The van der Waals surface area contributed by atoms with Gasteiger partial charge < -0.3 is 4.52 Å². The Kier molecular flexibility index (Phi) is 3.66. The molecule has 2 aromatic rings. The molecule has 0 saturated carbocycles. The summed E-state index contributed by atoms with van der Waals surface area (Å²) in [4.78, 5) is 21.5. The molecule has 110 valence electrons. The molecule has 0 saturated heterocycles. The van der Waals surface area contributed by atoms with Crippen molar-refractivity contribution in [3.63, 3.8) is 0 Å². The number of carbonyl (C=O) groups excluding carboxylic acids is 1. The van der Waals surface area contributed by atoms with Crippen LogP contribution in [0.25, 0.3) is 0 Å². The van der Waals surface area contributed by atoms with Crippen LogP contribution in [0.2, 0.25) is 0 Å². The van der Waals surface area contributed by atoms with E-state index in [0.717, 1.165) is 0 Å². The summed E-state index contributed by atoms with van der Waals surface area (Å²) in [6, 6.07) is 1.29. The number of carbonyl (C=O) groups is 1. The molecule has 21 heavy (non-hydrogen) atoms. The van der Waals surface area contributed by atoms with Gasteiger partial charge in [-0.25, -0.2) is 4.39 Å². The quantitative estimate of drug-likeness (QED) is 0.693. The van der Waals surface area contributed by atoms with E-state index in [4.69, 9.17) is 4.52 Å². The first-order valence-corrected chi connectivity index (χ1v) is 5.69. The molecule has 0 fully saturated rings. The molecule has 0 atom stereocenters. The van der Waals surface area contributed by atoms with Crippen molar-refractivity contribution in [3.8, 4) is 0 Å². The van der Waals surface area contributed by atoms with Crippen molar-refractivity contribution >= 4 is 17.5 Å². The summed E-state index contributed by atoms with van der Waals surface area (Å²) in [7, 11) is 0. The number of rotatable bonds is 3. The fourth-order valence-electron chi connectivity index (χ4n) is 1.59. The van der Waals surface area contributed by atoms with E-state index < -0.39 is 33.7 Å². The SMILES string of the molecule is Cc1noc(NC(=O)c2c(F)ccc([N+](=O)[O-])c2F)c1C. The van der Waals surface area contributed by atoms with Gasteiger partial charge in [0.15, 0.2) is 0 Å². The van der Waals surface area contributed by atoms with Crippen molar-refractivity contribution in [1.29, 1.82) is 0 Å². The van der Waals surface area contributed by atoms with Gasteiger partial charge in [0.25, 0.3) is 5.91 Å². The normalized spacial score (nSPS) is 10.5. The van der Waals surface area contributed by atoms with Gasteiger partial charge in [0.2, 0.25) is 11.7 Å². The van der Waals surface area contributed by atoms with Crippen molar-refractivity contribution in [3.05, 3.63) is 50.7 Å². The number of aryl methyl sites for hydroxylation is 1. The maximum absolute atomic E-state index is 13.9. The Morgan fingerprint density at radius 3 is 2.57 bits per heavy atom. The summed E-state index contributed by atoms with van der Waals surface area (Å²) >= 11 is 0. The molecule has 0 spiro atoms. The lowest BCUT2D eigenvalue weighted by molar-refractivity contribution is -0.387. The summed E-state index contributed by atoms with van der Waals surface area (Å²) in [5.74, 6) is -4.05. The van der Waals surface area contributed by atoms with E-state index in [0.29, 0.717) is 23.4 Å². The summed E-state index contributed by atoms with van der Waals surface area (Å²) in [5.41, 5.74) is -1.08. The Labute approximate surface area is 116 Å². The van der Waals surface area contributed by atoms with Gasteiger partial charge in [0.05, 0.1) is 10.6 Å². The van der Waals surface area contributed by atoms with Gasteiger partial charge >= 0.3 is 5.69 Å². The third kappa shape index (κ3) is 2.57. The first-order valence-electron chi connectivity index (χ1n) is 5.69. The second-order valence-corrected chi connectivity index (χ2v) is 4.19. The van der Waals surface area contributed by atoms with Crippen LogP contribution in [0.1, 0.15) is 21.6 Å². The van der Waals surface area contributed by atoms with Crippen molar-refractivity contribution in [1.82, 2.24) is 5.16 Å². The maximum Gasteiger partial charge on any atom is 0.305 e. The van der Waals surface area contributed by atoms with Crippen LogP contribution in [0, 0.1) is 35.6 Å². The summed E-state index contributed by atoms with van der Waals surface area (Å²) in [6.45, 7) is 3.20. The third-order valence-corrected chi connectivity index (χ3v) is 2.88. The second-order valence-electron chi connectivity index (χ2n) is 4.19. The fraction of sp³-hybridized carbons (Fsp3) is 0.167. The van der Waals surface area contributed by atoms with Crippen LogP contribution in [-0.2, 0) is 0 Å². The minimum absolute atomic E-state index is 0.0807. The molecule has 9 heteroatoms. The van der Waals surface area contributed by atoms with E-state index in [9.17, 15) is 23.7 Å². The highest BCUT2D eigenvalue weighted by molar-refractivity contribution is 6.04. The van der Waals surface area contributed by atoms with Gasteiger partial charge in [-0.05, 0) is 19.9 Å². The number of aromatic nitrogens is 1. The zero-order chi connectivity index (χ0) is 15.7. The standard InChI is InChI=1S/C12H9F2N3O4/c1-5-6(2)16-21-12(5)15-11(18)9-7(13)3-4-8(10(9)14)17(19)20/h3-4H,1-2H3,(H,15,18). The molecule has 0 unspecified atom stereocenters. The van der Waals surface area contributed by atoms with Crippen LogP contribution in [-0.4, -0.2) is 16.0 Å². The molecule has 0 aliphatic rings. The minimum atomic E-state index is -1.55. The highest BCUT2D eigenvalue weighted by Gasteiger charge is 2.27. The van der Waals surface area contributed by atoms with Crippen LogP contribution in [0.15, 0.2) is 16.7 Å². The molecule has 0 bridgehead atoms. The van der Waals surface area contributed by atoms with E-state index in [2.05, 4.69) is 10.5 Å². The Morgan fingerprint density at radius 2 is 2.05 bits per heavy atom. The molecule has 1 aromatic heterocycles. The topological polar surface area (TPSA) is 98.3 Å². The van der Waals surface area contributed by atoms with E-state index in [-0.39, 0.29) is 5.88 Å². The molecule has 1 amide bonds. The van der Waals surface area contributed by atoms with Gasteiger partial charge in [-0.3, -0.25) is 20.2 Å². The van der Waals surface area contributed by atoms with E-state index >= 15 is 0 Å². The van der Waals surface area contributed by atoms with Gasteiger partial charge in [0, 0.05) is 11.6 Å². The van der Waals surface area contributed by atoms with Crippen molar-refractivity contribution in [2.24, 2.45) is 0 Å². The Bertz CT molecular complexity index is 742. The van der Waals surface area contributed by atoms with Crippen LogP contribution in [0.4, 0.5) is 20.4 Å². The number of nitro benzene ring substituents is 1. The van der Waals surface area contributed by atoms with Crippen molar-refractivity contribution in [2.75, 3.05) is 5.32 Å². The predicted molar refractivity (Wildman–Crippen MR) is 66.9 cm³/mol. The molecule has 2 rings (SSSR count). The van der Waals surface area contributed by atoms with Crippen LogP contribution in [0.5, 0.6) is 0 Å². The smallest absolute Gasteiger partial charge is 0.305 e. The number of nitrogens with zero attached hydrogens (tertiary/aromatic N) is 2. The number of benzene rings is 1. The highest BCUT2D eigenvalue weighted by Crippen LogP contribution is 2.25. The largest absolute Gasteiger partial charge is 0.338 e. The van der Waals surface area contributed by atoms with Crippen molar-refractivity contribution in [2.45, 2.75) is 13.8 Å². The Morgan fingerprint density at radius 1 is 1.38 bits per heavy atom. The molecule has 0 aliphatic heterocycles. The molecule has 1 aromatic carbocycles. The van der Waals surface area contributed by atoms with Crippen LogP contribution in [0.3, 0.4) is 0 Å². The average molecular weight is 297 g/mol. The molecule has 1 N–H and O–H groups in total. The first-order chi connectivity index (χ1) is 9.82. The monoisotopic (exact) mass is 297 g/mol. The number of hydrogen-bond acceptors (Lipinski definition) is 5. The molecule has 0 radical (unpaired) electrons. The molecule has 0 aliphatic carbocycles. The maximum atomic E-state index is 13.9. The summed E-state index contributed by atoms with van der Waals surface area (Å²) in [6.07, 6.45) is 0. The van der Waals surface area contributed by atoms with E-state index in [1.54, 1.807) is 13.8 Å². The lowest BCUT2D eigenvalue weighted by atomic mass is 10.1. The van der Waals surface area contributed by atoms with E-state index in [1.165, 1.54) is 0 Å². The molecular formula is C12H9F2N3O4. The lowest BCUT2D eigenvalue weighted by Crippen LogP contribution is -2.17. The van der Waals surface area contributed by atoms with Gasteiger partial charge in [-0.1, -0.05) is 5.16 Å². The van der Waals surface area contributed by atoms with Crippen LogP contribution >= 0.6 is 0 Å². The minimum Gasteiger partial charge on any atom is -0.338 e. The summed E-state index contributed by atoms with van der Waals surface area (Å²) in [5, 5.41) is 16.3. The average Bonchev–Trinajstić information content (AvgIpc) is 2.70. The first kappa shape index (κ1) is 14.6. The van der Waals surface area contributed by atoms with Gasteiger partial charge in [-0.15, -0.1) is 0 Å². The Balaban J connectivity index is 2.42. The predicted octanol–water partition coefficient (Wildman–Crippen LogP) is 2.73. The van der Waals surface area contributed by atoms with Gasteiger partial charge in [-0.2, -0.15) is 4.39 Å². The zero-order valence-corrected chi connectivity index (χ0v) is 10.9. The number of anilines is 1. The number of hydrogen-bond donors (Lipinski definition) is 1. The fourth-order valence-corrected chi connectivity index (χ4v) is 1.59. The van der Waals surface area contributed by atoms with Gasteiger partial charge in [0.1, 0.15) is 11.4 Å². The molecule has 7 nitrogen and oxygen atoms in total. The lowest BCUT2D eigenvalue weighted by Gasteiger charge is -2.05. The number of halogens is 2. The van der Waals surface area contributed by atoms with E-state index in [1.807, 2.05) is 0 Å². The zero-order valence-electron chi connectivity index (χ0n) is 10.9. The third-order valence-electron chi connectivity index (χ3n) is 2.88. The highest BCUT2D eigenvalue weighted by atomic mass is 19.1. The molecule has 1 heterocycles. The van der Waals surface area contributed by atoms with Crippen LogP contribution < -0.4 is 5.32 Å². The molecular weight excluding hydrogens is 288 g/mol. The number of amides is 1. The van der Waals surface area contributed by atoms with Crippen molar-refractivity contribution < 1.29 is 23.0 Å². The number of nitrogens with one attached hydrogen (secondary N) is 1. The number of nitro groups is 1. The summed E-state index contributed by atoms with van der Waals surface area (Å²) < 4.78 is 32.2.